The predicted octanol–water partition coefficient (Wildman–Crippen LogP) is 4.67. The van der Waals surface area contributed by atoms with Gasteiger partial charge in [-0.1, -0.05) is 0 Å². The van der Waals surface area contributed by atoms with E-state index in [1.807, 2.05) is 12.1 Å². The van der Waals surface area contributed by atoms with Crippen molar-refractivity contribution in [1.29, 1.82) is 0 Å². The molecule has 1 aliphatic carbocycles. The molecule has 1 aromatic heterocycles. The van der Waals surface area contributed by atoms with Crippen molar-refractivity contribution < 1.29 is 8.81 Å². The van der Waals surface area contributed by atoms with Gasteiger partial charge in [0.25, 0.3) is 0 Å². The Morgan fingerprint density at radius 2 is 2.22 bits per heavy atom. The number of furan rings is 1. The fourth-order valence-electron chi connectivity index (χ4n) is 2.42. The molecular formula is C14H13BrFNO. The zero-order valence-electron chi connectivity index (χ0n) is 9.75. The average molecular weight is 310 g/mol. The molecule has 0 saturated heterocycles. The van der Waals surface area contributed by atoms with Crippen LogP contribution in [0.25, 0.3) is 0 Å². The molecule has 0 radical (unpaired) electrons. The molecule has 1 heterocycles. The van der Waals surface area contributed by atoms with Crippen molar-refractivity contribution >= 4 is 21.6 Å². The van der Waals surface area contributed by atoms with Crippen molar-refractivity contribution in [1.82, 2.24) is 0 Å². The van der Waals surface area contributed by atoms with Crippen molar-refractivity contribution in [3.8, 4) is 0 Å². The molecule has 1 unspecified atom stereocenters. The number of hydrogen-bond acceptors (Lipinski definition) is 2. The lowest BCUT2D eigenvalue weighted by molar-refractivity contribution is 0.461. The van der Waals surface area contributed by atoms with E-state index in [2.05, 4.69) is 21.2 Å². The lowest BCUT2D eigenvalue weighted by Gasteiger charge is -2.23. The van der Waals surface area contributed by atoms with Crippen molar-refractivity contribution in [2.45, 2.75) is 25.3 Å². The average Bonchev–Trinajstić information content (AvgIpc) is 2.83. The van der Waals surface area contributed by atoms with E-state index >= 15 is 0 Å². The van der Waals surface area contributed by atoms with Crippen LogP contribution in [0.3, 0.4) is 0 Å². The van der Waals surface area contributed by atoms with E-state index in [-0.39, 0.29) is 11.9 Å². The fraction of sp³-hybridized carbons (Fsp3) is 0.286. The summed E-state index contributed by atoms with van der Waals surface area (Å²) in [5.74, 6) is 0.805. The zero-order chi connectivity index (χ0) is 12.5. The summed E-state index contributed by atoms with van der Waals surface area (Å²) >= 11 is 3.16. The second kappa shape index (κ2) is 4.76. The van der Waals surface area contributed by atoms with Gasteiger partial charge in [0.1, 0.15) is 11.6 Å². The summed E-state index contributed by atoms with van der Waals surface area (Å²) in [5, 5.41) is 3.37. The maximum absolute atomic E-state index is 13.5. The van der Waals surface area contributed by atoms with E-state index in [1.54, 1.807) is 12.3 Å². The molecule has 0 spiro atoms. The van der Waals surface area contributed by atoms with E-state index in [0.717, 1.165) is 30.7 Å². The Balaban J connectivity index is 1.84. The van der Waals surface area contributed by atoms with E-state index in [4.69, 9.17) is 4.42 Å². The molecule has 0 saturated carbocycles. The third kappa shape index (κ3) is 2.17. The number of hydrogen-bond donors (Lipinski definition) is 1. The van der Waals surface area contributed by atoms with Crippen LogP contribution >= 0.6 is 15.9 Å². The normalized spacial score (nSPS) is 18.4. The van der Waals surface area contributed by atoms with E-state index in [9.17, 15) is 4.39 Å². The Morgan fingerprint density at radius 3 is 3.06 bits per heavy atom. The summed E-state index contributed by atoms with van der Waals surface area (Å²) in [5.41, 5.74) is 2.00. The van der Waals surface area contributed by atoms with Gasteiger partial charge in [0, 0.05) is 17.7 Å². The molecule has 4 heteroatoms. The Morgan fingerprint density at radius 1 is 1.33 bits per heavy atom. The van der Waals surface area contributed by atoms with Crippen molar-refractivity contribution in [2.75, 3.05) is 5.32 Å². The lowest BCUT2D eigenvalue weighted by Crippen LogP contribution is -2.15. The molecule has 0 bridgehead atoms. The Kier molecular flexibility index (Phi) is 3.12. The van der Waals surface area contributed by atoms with Gasteiger partial charge in [-0.25, -0.2) is 4.39 Å². The quantitative estimate of drug-likeness (QED) is 0.872. The van der Waals surface area contributed by atoms with Gasteiger partial charge >= 0.3 is 0 Å². The summed E-state index contributed by atoms with van der Waals surface area (Å²) in [6, 6.07) is 7.33. The van der Waals surface area contributed by atoms with Crippen LogP contribution in [-0.4, -0.2) is 0 Å². The second-order valence-electron chi connectivity index (χ2n) is 4.52. The van der Waals surface area contributed by atoms with Gasteiger partial charge in [-0.3, -0.25) is 0 Å². The van der Waals surface area contributed by atoms with Crippen LogP contribution in [0.2, 0.25) is 0 Å². The summed E-state index contributed by atoms with van der Waals surface area (Å²) in [6.07, 6.45) is 4.86. The van der Waals surface area contributed by atoms with Crippen molar-refractivity contribution in [3.63, 3.8) is 0 Å². The first kappa shape index (κ1) is 11.8. The van der Waals surface area contributed by atoms with E-state index < -0.39 is 0 Å². The fourth-order valence-corrected chi connectivity index (χ4v) is 2.67. The van der Waals surface area contributed by atoms with E-state index in [0.29, 0.717) is 4.47 Å². The van der Waals surface area contributed by atoms with Gasteiger partial charge in [0.15, 0.2) is 0 Å². The minimum Gasteiger partial charge on any atom is -0.469 e. The zero-order valence-corrected chi connectivity index (χ0v) is 11.3. The Labute approximate surface area is 113 Å². The first-order valence-corrected chi connectivity index (χ1v) is 6.81. The van der Waals surface area contributed by atoms with Gasteiger partial charge in [-0.05, 0) is 53.0 Å². The molecule has 1 atom stereocenters. The lowest BCUT2D eigenvalue weighted by atomic mass is 9.93. The minimum absolute atomic E-state index is 0.216. The number of halogens is 2. The predicted molar refractivity (Wildman–Crippen MR) is 72.1 cm³/mol. The second-order valence-corrected chi connectivity index (χ2v) is 5.37. The molecule has 3 rings (SSSR count). The third-order valence-electron chi connectivity index (χ3n) is 3.31. The van der Waals surface area contributed by atoms with Gasteiger partial charge in [-0.15, -0.1) is 0 Å². The largest absolute Gasteiger partial charge is 0.469 e. The van der Waals surface area contributed by atoms with Crippen LogP contribution in [-0.2, 0) is 6.42 Å². The van der Waals surface area contributed by atoms with Crippen LogP contribution in [0.5, 0.6) is 0 Å². The monoisotopic (exact) mass is 309 g/mol. The van der Waals surface area contributed by atoms with Gasteiger partial charge in [0.05, 0.1) is 16.8 Å². The number of nitrogens with one attached hydrogen (secondary N) is 1. The molecule has 0 fully saturated rings. The number of rotatable bonds is 2. The molecule has 18 heavy (non-hydrogen) atoms. The highest BCUT2D eigenvalue weighted by molar-refractivity contribution is 9.10. The van der Waals surface area contributed by atoms with E-state index in [1.165, 1.54) is 11.6 Å². The highest BCUT2D eigenvalue weighted by Crippen LogP contribution is 2.33. The smallest absolute Gasteiger partial charge is 0.139 e. The first-order chi connectivity index (χ1) is 8.74. The highest BCUT2D eigenvalue weighted by atomic mass is 79.9. The number of anilines is 1. The van der Waals surface area contributed by atoms with Crippen LogP contribution in [0.15, 0.2) is 39.4 Å². The molecule has 1 aliphatic rings. The molecule has 1 aromatic carbocycles. The van der Waals surface area contributed by atoms with Crippen LogP contribution < -0.4 is 5.32 Å². The minimum atomic E-state index is -0.247. The maximum Gasteiger partial charge on any atom is 0.139 e. The topological polar surface area (TPSA) is 25.2 Å². The highest BCUT2D eigenvalue weighted by Gasteiger charge is 2.22. The number of benzene rings is 1. The van der Waals surface area contributed by atoms with Gasteiger partial charge in [0.2, 0.25) is 0 Å². The van der Waals surface area contributed by atoms with Crippen LogP contribution in [0.4, 0.5) is 10.1 Å². The Bertz CT molecular complexity index is 567. The number of fused-ring (bicyclic) bond motifs is 1. The summed E-state index contributed by atoms with van der Waals surface area (Å²) in [6.45, 7) is 0. The maximum atomic E-state index is 13.5. The van der Waals surface area contributed by atoms with Crippen LogP contribution in [0, 0.1) is 5.82 Å². The van der Waals surface area contributed by atoms with Crippen LogP contribution in [0.1, 0.15) is 30.2 Å². The standard InChI is InChI=1S/C14H13BrFNO/c15-11-5-4-9(8-12(11)16)17-13-2-1-3-14-10(13)6-7-18-14/h4-8,13,17H,1-3H2. The molecular weight excluding hydrogens is 297 g/mol. The SMILES string of the molecule is Fc1cc(NC2CCCc3occc32)ccc1Br. The summed E-state index contributed by atoms with van der Waals surface area (Å²) in [7, 11) is 0. The first-order valence-electron chi connectivity index (χ1n) is 6.02. The van der Waals surface area contributed by atoms with Gasteiger partial charge in [-0.2, -0.15) is 0 Å². The van der Waals surface area contributed by atoms with Crippen molar-refractivity contribution in [2.24, 2.45) is 0 Å². The van der Waals surface area contributed by atoms with Gasteiger partial charge < -0.3 is 9.73 Å². The molecule has 94 valence electrons. The molecule has 0 aliphatic heterocycles. The molecule has 0 amide bonds. The summed E-state index contributed by atoms with van der Waals surface area (Å²) in [4.78, 5) is 0. The molecule has 2 nitrogen and oxygen atoms in total. The van der Waals surface area contributed by atoms with Crippen molar-refractivity contribution in [3.05, 3.63) is 52.1 Å². The Hall–Kier alpha value is -1.29. The number of aryl methyl sites for hydroxylation is 1. The molecule has 1 N–H and O–H groups in total. The third-order valence-corrected chi connectivity index (χ3v) is 3.96. The summed E-state index contributed by atoms with van der Waals surface area (Å²) < 4.78 is 19.4. The molecule has 2 aromatic rings.